The van der Waals surface area contributed by atoms with Gasteiger partial charge in [0.05, 0.1) is 18.8 Å². The fourth-order valence-electron chi connectivity index (χ4n) is 0.805. The third-order valence-corrected chi connectivity index (χ3v) is 1.76. The Morgan fingerprint density at radius 2 is 1.56 bits per heavy atom. The molecule has 0 bridgehead atoms. The number of hydrogen-bond donors (Lipinski definition) is 5. The van der Waals surface area contributed by atoms with E-state index in [1.807, 2.05) is 0 Å². The summed E-state index contributed by atoms with van der Waals surface area (Å²) >= 11 is 3.76. The maximum absolute atomic E-state index is 11.0. The van der Waals surface area contributed by atoms with Crippen molar-refractivity contribution < 1.29 is 19.5 Å². The highest BCUT2D eigenvalue weighted by molar-refractivity contribution is 7.81. The molecule has 0 atom stereocenters. The van der Waals surface area contributed by atoms with Crippen LogP contribution in [0.1, 0.15) is 0 Å². The molecule has 0 saturated heterocycles. The Labute approximate surface area is 98.4 Å². The molecule has 0 fully saturated rings. The smallest absolute Gasteiger partial charge is 0.317 e. The van der Waals surface area contributed by atoms with Gasteiger partial charge in [0.25, 0.3) is 0 Å². The SMILES string of the molecule is O=C(O)CNCC(=O)NCCNC(=O)CS. The average Bonchev–Trinajstić information content (AvgIpc) is 2.23. The molecule has 0 aliphatic rings. The molecule has 0 spiro atoms. The normalized spacial score (nSPS) is 9.56. The van der Waals surface area contributed by atoms with Crippen molar-refractivity contribution in [3.63, 3.8) is 0 Å². The monoisotopic (exact) mass is 249 g/mol. The first-order valence-corrected chi connectivity index (χ1v) is 5.26. The first-order valence-electron chi connectivity index (χ1n) is 4.63. The highest BCUT2D eigenvalue weighted by atomic mass is 32.1. The zero-order valence-corrected chi connectivity index (χ0v) is 9.55. The summed E-state index contributed by atoms with van der Waals surface area (Å²) in [5, 5.41) is 15.7. The van der Waals surface area contributed by atoms with Crippen molar-refractivity contribution >= 4 is 30.4 Å². The topological polar surface area (TPSA) is 108 Å². The summed E-state index contributed by atoms with van der Waals surface area (Å²) in [6.45, 7) is 0.299. The van der Waals surface area contributed by atoms with Crippen LogP contribution in [0.15, 0.2) is 0 Å². The molecule has 0 aliphatic carbocycles. The molecule has 0 aromatic carbocycles. The fourth-order valence-corrected chi connectivity index (χ4v) is 0.917. The van der Waals surface area contributed by atoms with Gasteiger partial charge in [-0.15, -0.1) is 0 Å². The maximum Gasteiger partial charge on any atom is 0.317 e. The molecular weight excluding hydrogens is 234 g/mol. The van der Waals surface area contributed by atoms with Gasteiger partial charge in [-0.1, -0.05) is 0 Å². The summed E-state index contributed by atoms with van der Waals surface area (Å²) in [7, 11) is 0. The molecule has 0 saturated carbocycles. The van der Waals surface area contributed by atoms with Crippen molar-refractivity contribution in [1.29, 1.82) is 0 Å². The molecule has 16 heavy (non-hydrogen) atoms. The molecule has 8 heteroatoms. The Hall–Kier alpha value is -1.28. The Bertz CT molecular complexity index is 260. The van der Waals surface area contributed by atoms with E-state index in [1.54, 1.807) is 0 Å². The number of thiol groups is 1. The van der Waals surface area contributed by atoms with E-state index in [1.165, 1.54) is 0 Å². The zero-order valence-electron chi connectivity index (χ0n) is 8.65. The molecule has 4 N–H and O–H groups in total. The van der Waals surface area contributed by atoms with Crippen LogP contribution < -0.4 is 16.0 Å². The van der Waals surface area contributed by atoms with E-state index in [0.717, 1.165) is 0 Å². The van der Waals surface area contributed by atoms with Gasteiger partial charge in [0.2, 0.25) is 11.8 Å². The lowest BCUT2D eigenvalue weighted by molar-refractivity contribution is -0.136. The number of carboxylic acid groups (broad SMARTS) is 1. The van der Waals surface area contributed by atoms with Gasteiger partial charge in [0, 0.05) is 13.1 Å². The van der Waals surface area contributed by atoms with E-state index in [9.17, 15) is 14.4 Å². The molecule has 2 amide bonds. The van der Waals surface area contributed by atoms with Gasteiger partial charge in [-0.2, -0.15) is 12.6 Å². The Kier molecular flexibility index (Phi) is 8.26. The molecule has 0 heterocycles. The van der Waals surface area contributed by atoms with Gasteiger partial charge in [-0.05, 0) is 0 Å². The van der Waals surface area contributed by atoms with Crippen LogP contribution in [0.3, 0.4) is 0 Å². The molecule has 0 aromatic rings. The predicted octanol–water partition coefficient (Wildman–Crippen LogP) is -2.18. The lowest BCUT2D eigenvalue weighted by Crippen LogP contribution is -2.40. The van der Waals surface area contributed by atoms with E-state index < -0.39 is 5.97 Å². The summed E-state index contributed by atoms with van der Waals surface area (Å²) in [5.74, 6) is -1.44. The van der Waals surface area contributed by atoms with Crippen LogP contribution in [0.2, 0.25) is 0 Å². The Balaban J connectivity index is 3.37. The minimum atomic E-state index is -1.02. The highest BCUT2D eigenvalue weighted by Gasteiger charge is 2.02. The summed E-state index contributed by atoms with van der Waals surface area (Å²) in [6.07, 6.45) is 0. The molecule has 0 aromatic heterocycles. The number of carboxylic acids is 1. The number of carbonyl (C=O) groups excluding carboxylic acids is 2. The second kappa shape index (κ2) is 8.98. The van der Waals surface area contributed by atoms with Crippen molar-refractivity contribution in [2.45, 2.75) is 0 Å². The summed E-state index contributed by atoms with van der Waals surface area (Å²) < 4.78 is 0. The van der Waals surface area contributed by atoms with E-state index in [0.29, 0.717) is 13.1 Å². The predicted molar refractivity (Wildman–Crippen MR) is 60.4 cm³/mol. The van der Waals surface area contributed by atoms with Crippen molar-refractivity contribution in [3.8, 4) is 0 Å². The van der Waals surface area contributed by atoms with Crippen LogP contribution in [-0.4, -0.2) is 54.8 Å². The van der Waals surface area contributed by atoms with Gasteiger partial charge >= 0.3 is 5.97 Å². The van der Waals surface area contributed by atoms with E-state index in [4.69, 9.17) is 5.11 Å². The van der Waals surface area contributed by atoms with Crippen LogP contribution in [0.4, 0.5) is 0 Å². The van der Waals surface area contributed by atoms with Gasteiger partial charge in [-0.3, -0.25) is 19.7 Å². The lowest BCUT2D eigenvalue weighted by atomic mass is 10.5. The minimum Gasteiger partial charge on any atom is -0.480 e. The zero-order chi connectivity index (χ0) is 12.4. The molecule has 0 unspecified atom stereocenters. The van der Waals surface area contributed by atoms with Gasteiger partial charge in [0.15, 0.2) is 0 Å². The number of amides is 2. The first kappa shape index (κ1) is 14.7. The van der Waals surface area contributed by atoms with Crippen molar-refractivity contribution in [2.75, 3.05) is 31.9 Å². The molecule has 0 rings (SSSR count). The quantitative estimate of drug-likeness (QED) is 0.248. The number of nitrogens with one attached hydrogen (secondary N) is 3. The Morgan fingerprint density at radius 1 is 1.00 bits per heavy atom. The third-order valence-electron chi connectivity index (χ3n) is 1.47. The molecular formula is C8H15N3O4S. The van der Waals surface area contributed by atoms with E-state index in [-0.39, 0.29) is 30.7 Å². The van der Waals surface area contributed by atoms with Crippen LogP contribution in [0.25, 0.3) is 0 Å². The molecule has 7 nitrogen and oxygen atoms in total. The number of rotatable bonds is 8. The second-order valence-corrected chi connectivity index (χ2v) is 3.17. The Morgan fingerprint density at radius 3 is 2.06 bits per heavy atom. The van der Waals surface area contributed by atoms with Crippen LogP contribution in [-0.2, 0) is 14.4 Å². The average molecular weight is 249 g/mol. The standard InChI is InChI=1S/C8H15N3O4S/c12-6(3-9-4-8(14)15)10-1-2-11-7(13)5-16/h9,16H,1-5H2,(H,10,12)(H,11,13)(H,14,15). The van der Waals surface area contributed by atoms with Crippen LogP contribution in [0.5, 0.6) is 0 Å². The van der Waals surface area contributed by atoms with Crippen molar-refractivity contribution in [3.05, 3.63) is 0 Å². The lowest BCUT2D eigenvalue weighted by Gasteiger charge is -2.06. The fraction of sp³-hybridized carbons (Fsp3) is 0.625. The summed E-state index contributed by atoms with van der Waals surface area (Å²) in [6, 6.07) is 0. The third kappa shape index (κ3) is 9.28. The molecule has 0 radical (unpaired) electrons. The van der Waals surface area contributed by atoms with Gasteiger partial charge in [-0.25, -0.2) is 0 Å². The van der Waals surface area contributed by atoms with Crippen LogP contribution in [0, 0.1) is 0 Å². The van der Waals surface area contributed by atoms with Crippen LogP contribution >= 0.6 is 12.6 Å². The first-order chi connectivity index (χ1) is 7.56. The number of aliphatic carboxylic acids is 1. The van der Waals surface area contributed by atoms with Crippen molar-refractivity contribution in [2.24, 2.45) is 0 Å². The van der Waals surface area contributed by atoms with Gasteiger partial charge in [0.1, 0.15) is 0 Å². The molecule has 92 valence electrons. The van der Waals surface area contributed by atoms with E-state index in [2.05, 4.69) is 28.6 Å². The largest absolute Gasteiger partial charge is 0.480 e. The summed E-state index contributed by atoms with van der Waals surface area (Å²) in [4.78, 5) is 31.9. The minimum absolute atomic E-state index is 0.0627. The molecule has 0 aliphatic heterocycles. The van der Waals surface area contributed by atoms with E-state index >= 15 is 0 Å². The summed E-state index contributed by atoms with van der Waals surface area (Å²) in [5.41, 5.74) is 0. The van der Waals surface area contributed by atoms with Gasteiger partial charge < -0.3 is 15.7 Å². The second-order valence-electron chi connectivity index (χ2n) is 2.86. The highest BCUT2D eigenvalue weighted by Crippen LogP contribution is 1.72. The number of carbonyl (C=O) groups is 3. The number of hydrogen-bond acceptors (Lipinski definition) is 5. The maximum atomic E-state index is 11.0. The van der Waals surface area contributed by atoms with Crippen molar-refractivity contribution in [1.82, 2.24) is 16.0 Å².